The maximum atomic E-state index is 10.7. The molecule has 0 unspecified atom stereocenters. The van der Waals surface area contributed by atoms with Crippen LogP contribution in [0.15, 0.2) is 12.2 Å². The second-order valence-corrected chi connectivity index (χ2v) is 22.2. The van der Waals surface area contributed by atoms with Crippen LogP contribution in [0.25, 0.3) is 0 Å². The summed E-state index contributed by atoms with van der Waals surface area (Å²) in [5.74, 6) is 0. The highest BCUT2D eigenvalue weighted by Crippen LogP contribution is 2.48. The van der Waals surface area contributed by atoms with Crippen LogP contribution in [-0.2, 0) is 13.6 Å². The van der Waals surface area contributed by atoms with E-state index in [1.54, 1.807) is 0 Å². The Bertz CT molecular complexity index is 573. The van der Waals surface area contributed by atoms with Gasteiger partial charge in [0.1, 0.15) is 17.8 Å². The van der Waals surface area contributed by atoms with Crippen LogP contribution in [0, 0.1) is 0 Å². The molecule has 0 spiro atoms. The van der Waals surface area contributed by atoms with Gasteiger partial charge in [0, 0.05) is 0 Å². The zero-order valence-electron chi connectivity index (χ0n) is 22.1. The number of hydrogen-bond donors (Lipinski definition) is 1. The van der Waals surface area contributed by atoms with Crippen molar-refractivity contribution in [3.05, 3.63) is 12.2 Å². The van der Waals surface area contributed by atoms with E-state index < -0.39 is 28.3 Å². The molecular weight excluding hydrogens is 408 g/mol. The Kier molecular flexibility index (Phi) is 8.86. The maximum Gasteiger partial charge on any atom is 0.200 e. The molecule has 0 aromatic rings. The molecule has 1 saturated heterocycles. The largest absolute Gasteiger partial charge is 0.413 e. The molecule has 30 heavy (non-hydrogen) atoms. The molecule has 0 aliphatic carbocycles. The molecule has 4 atom stereocenters. The van der Waals surface area contributed by atoms with Gasteiger partial charge in [0.2, 0.25) is 0 Å². The van der Waals surface area contributed by atoms with Crippen LogP contribution in [0.4, 0.5) is 0 Å². The number of rotatable bonds is 11. The van der Waals surface area contributed by atoms with E-state index in [-0.39, 0.29) is 17.2 Å². The number of ether oxygens (including phenoxy) is 1. The van der Waals surface area contributed by atoms with Crippen molar-refractivity contribution < 1.29 is 18.7 Å². The van der Waals surface area contributed by atoms with Crippen molar-refractivity contribution in [1.82, 2.24) is 0 Å². The lowest BCUT2D eigenvalue weighted by Gasteiger charge is -2.44. The van der Waals surface area contributed by atoms with Crippen LogP contribution in [0.1, 0.15) is 76.2 Å². The summed E-state index contributed by atoms with van der Waals surface area (Å²) in [6.07, 6.45) is -1.07. The highest BCUT2D eigenvalue weighted by atomic mass is 28.4. The zero-order valence-corrected chi connectivity index (χ0v) is 24.1. The lowest BCUT2D eigenvalue weighted by molar-refractivity contribution is 0.0807. The van der Waals surface area contributed by atoms with Crippen LogP contribution >= 0.6 is 0 Å². The van der Waals surface area contributed by atoms with E-state index in [1.807, 2.05) is 13.8 Å². The van der Waals surface area contributed by atoms with Gasteiger partial charge in [0.15, 0.2) is 16.6 Å². The van der Waals surface area contributed by atoms with E-state index in [4.69, 9.17) is 13.6 Å². The van der Waals surface area contributed by atoms with E-state index in [9.17, 15) is 5.11 Å². The summed E-state index contributed by atoms with van der Waals surface area (Å²) in [7, 11) is -4.07. The first-order valence-electron chi connectivity index (χ1n) is 11.7. The molecule has 6 heteroatoms. The third-order valence-corrected chi connectivity index (χ3v) is 18.3. The normalized spacial score (nSPS) is 25.2. The quantitative estimate of drug-likeness (QED) is 0.213. The van der Waals surface area contributed by atoms with E-state index in [1.165, 1.54) is 0 Å². The Morgan fingerprint density at radius 1 is 1.07 bits per heavy atom. The van der Waals surface area contributed by atoms with Crippen molar-refractivity contribution >= 4 is 16.6 Å². The maximum absolute atomic E-state index is 10.7. The summed E-state index contributed by atoms with van der Waals surface area (Å²) in [6.45, 7) is 33.4. The fraction of sp³-hybridized carbons (Fsp3) is 0.917. The highest BCUT2D eigenvalue weighted by Gasteiger charge is 2.62. The third kappa shape index (κ3) is 5.49. The molecule has 0 bridgehead atoms. The summed E-state index contributed by atoms with van der Waals surface area (Å²) < 4.78 is 19.9. The van der Waals surface area contributed by atoms with Gasteiger partial charge in [-0.25, -0.2) is 0 Å². The highest BCUT2D eigenvalue weighted by molar-refractivity contribution is 6.77. The standard InChI is InChI=1S/C24H50O4Si2/c1-16(2)21(25)24(12)22(27-24)20(28-29(13,14)23(9,10)11)15-26-30(17(3)4,18(5)6)19(7)8/h17-22,25H,1,15H2,2-14H3/t20-,21-,22+,24+/m1/s1. The Hall–Kier alpha value is 0.0138. The van der Waals surface area contributed by atoms with Crippen molar-refractivity contribution in [2.24, 2.45) is 0 Å². The fourth-order valence-corrected chi connectivity index (χ4v) is 11.6. The molecule has 4 nitrogen and oxygen atoms in total. The van der Waals surface area contributed by atoms with Crippen LogP contribution in [0.3, 0.4) is 0 Å². The summed E-state index contributed by atoms with van der Waals surface area (Å²) in [5, 5.41) is 10.8. The summed E-state index contributed by atoms with van der Waals surface area (Å²) in [4.78, 5) is 0. The molecule has 178 valence electrons. The average molecular weight is 459 g/mol. The minimum Gasteiger partial charge on any atom is -0.413 e. The Morgan fingerprint density at radius 2 is 1.50 bits per heavy atom. The van der Waals surface area contributed by atoms with E-state index in [0.717, 1.165) is 5.57 Å². The number of epoxide rings is 1. The van der Waals surface area contributed by atoms with Gasteiger partial charge < -0.3 is 18.7 Å². The Balaban J connectivity index is 3.21. The van der Waals surface area contributed by atoms with E-state index in [2.05, 4.69) is 82.0 Å². The molecule has 1 heterocycles. The minimum atomic E-state index is -2.04. The minimum absolute atomic E-state index is 0.0895. The monoisotopic (exact) mass is 458 g/mol. The topological polar surface area (TPSA) is 51.2 Å². The van der Waals surface area contributed by atoms with Crippen molar-refractivity contribution in [2.45, 2.75) is 135 Å². The molecule has 0 aromatic heterocycles. The predicted octanol–water partition coefficient (Wildman–Crippen LogP) is 6.66. The van der Waals surface area contributed by atoms with Gasteiger partial charge in [-0.3, -0.25) is 0 Å². The van der Waals surface area contributed by atoms with Gasteiger partial charge in [-0.05, 0) is 54.2 Å². The first-order chi connectivity index (χ1) is 13.3. The summed E-state index contributed by atoms with van der Waals surface area (Å²) in [6, 6.07) is 0. The number of aliphatic hydroxyl groups is 1. The molecule has 0 radical (unpaired) electrons. The van der Waals surface area contributed by atoms with Crippen LogP contribution in [0.2, 0.25) is 34.8 Å². The summed E-state index contributed by atoms with van der Waals surface area (Å²) in [5.41, 5.74) is 1.61. The number of aliphatic hydroxyl groups excluding tert-OH is 1. The first-order valence-corrected chi connectivity index (χ1v) is 16.7. The van der Waals surface area contributed by atoms with Crippen molar-refractivity contribution in [3.8, 4) is 0 Å². The molecular formula is C24H50O4Si2. The van der Waals surface area contributed by atoms with Gasteiger partial charge in [-0.15, -0.1) is 0 Å². The van der Waals surface area contributed by atoms with Crippen LogP contribution in [-0.4, -0.2) is 52.3 Å². The smallest absolute Gasteiger partial charge is 0.200 e. The lowest BCUT2D eigenvalue weighted by atomic mass is 9.93. The Morgan fingerprint density at radius 3 is 1.83 bits per heavy atom. The Labute approximate surface area is 189 Å². The van der Waals surface area contributed by atoms with Crippen LogP contribution < -0.4 is 0 Å². The van der Waals surface area contributed by atoms with Gasteiger partial charge in [-0.1, -0.05) is 68.9 Å². The molecule has 0 aromatic carbocycles. The molecule has 1 rings (SSSR count). The molecule has 0 saturated carbocycles. The van der Waals surface area contributed by atoms with E-state index in [0.29, 0.717) is 23.2 Å². The van der Waals surface area contributed by atoms with Crippen molar-refractivity contribution in [3.63, 3.8) is 0 Å². The molecule has 1 fully saturated rings. The summed E-state index contributed by atoms with van der Waals surface area (Å²) >= 11 is 0. The average Bonchev–Trinajstić information content (AvgIpc) is 3.24. The first kappa shape index (κ1) is 28.0. The van der Waals surface area contributed by atoms with Crippen LogP contribution in [0.5, 0.6) is 0 Å². The molecule has 1 N–H and O–H groups in total. The second-order valence-electron chi connectivity index (χ2n) is 12.0. The fourth-order valence-electron chi connectivity index (χ4n) is 4.86. The van der Waals surface area contributed by atoms with Gasteiger partial charge in [0.05, 0.1) is 12.7 Å². The van der Waals surface area contributed by atoms with E-state index >= 15 is 0 Å². The molecule has 1 aliphatic heterocycles. The lowest BCUT2D eigenvalue weighted by Crippen LogP contribution is -2.53. The van der Waals surface area contributed by atoms with Crippen molar-refractivity contribution in [2.75, 3.05) is 6.61 Å². The molecule has 0 amide bonds. The zero-order chi connectivity index (χ0) is 23.9. The predicted molar refractivity (Wildman–Crippen MR) is 133 cm³/mol. The SMILES string of the molecule is C=C(C)[C@@H](O)[C@]1(C)O[C@H]1[C@@H](CO[Si](C(C)C)(C(C)C)C(C)C)O[Si](C)(C)C(C)(C)C. The van der Waals surface area contributed by atoms with Crippen molar-refractivity contribution in [1.29, 1.82) is 0 Å². The second kappa shape index (κ2) is 9.48. The van der Waals surface area contributed by atoms with Gasteiger partial charge >= 0.3 is 0 Å². The molecule has 1 aliphatic rings. The van der Waals surface area contributed by atoms with Gasteiger partial charge in [0.25, 0.3) is 0 Å². The number of hydrogen-bond acceptors (Lipinski definition) is 4. The van der Waals surface area contributed by atoms with Gasteiger partial charge in [-0.2, -0.15) is 0 Å². The third-order valence-electron chi connectivity index (χ3n) is 7.69.